The summed E-state index contributed by atoms with van der Waals surface area (Å²) in [7, 11) is 0. The first-order chi connectivity index (χ1) is 8.09. The fourth-order valence-electron chi connectivity index (χ4n) is 2.61. The summed E-state index contributed by atoms with van der Waals surface area (Å²) in [6.07, 6.45) is 3.60. The highest BCUT2D eigenvalue weighted by Gasteiger charge is 2.36. The van der Waals surface area contributed by atoms with Crippen LogP contribution in [0.25, 0.3) is 0 Å². The molecule has 98 valence electrons. The predicted molar refractivity (Wildman–Crippen MR) is 68.3 cm³/mol. The molecule has 0 bridgehead atoms. The number of aliphatic hydroxyl groups is 1. The summed E-state index contributed by atoms with van der Waals surface area (Å²) in [4.78, 5) is 10.8. The standard InChI is InChI=1S/C12H21NO3S/c14-11(15)9-1-4-12(16,5-2-9)8-13-10-3-6-17-7-10/h9-10,13,16H,1-8H2,(H,14,15). The summed E-state index contributed by atoms with van der Waals surface area (Å²) in [5, 5.41) is 22.7. The molecule has 17 heavy (non-hydrogen) atoms. The summed E-state index contributed by atoms with van der Waals surface area (Å²) in [6, 6.07) is 0.529. The Morgan fingerprint density at radius 1 is 1.35 bits per heavy atom. The van der Waals surface area contributed by atoms with E-state index in [1.54, 1.807) is 0 Å². The second kappa shape index (κ2) is 5.59. The van der Waals surface area contributed by atoms with Crippen LogP contribution in [0.3, 0.4) is 0 Å². The molecule has 0 aromatic heterocycles. The van der Waals surface area contributed by atoms with E-state index < -0.39 is 11.6 Å². The molecular weight excluding hydrogens is 238 g/mol. The molecule has 1 aliphatic heterocycles. The van der Waals surface area contributed by atoms with Gasteiger partial charge in [0.2, 0.25) is 0 Å². The van der Waals surface area contributed by atoms with Gasteiger partial charge in [-0.1, -0.05) is 0 Å². The van der Waals surface area contributed by atoms with Crippen molar-refractivity contribution in [2.45, 2.75) is 43.7 Å². The zero-order valence-electron chi connectivity index (χ0n) is 10.0. The summed E-state index contributed by atoms with van der Waals surface area (Å²) < 4.78 is 0. The molecule has 0 aromatic rings. The Balaban J connectivity index is 1.74. The molecule has 1 unspecified atom stereocenters. The van der Waals surface area contributed by atoms with Gasteiger partial charge in [-0.2, -0.15) is 11.8 Å². The molecule has 1 aliphatic carbocycles. The number of hydrogen-bond acceptors (Lipinski definition) is 4. The largest absolute Gasteiger partial charge is 0.481 e. The van der Waals surface area contributed by atoms with Crippen LogP contribution in [-0.4, -0.2) is 45.9 Å². The van der Waals surface area contributed by atoms with Crippen LogP contribution < -0.4 is 5.32 Å². The van der Waals surface area contributed by atoms with E-state index in [0.717, 1.165) is 5.75 Å². The lowest BCUT2D eigenvalue weighted by atomic mass is 9.78. The van der Waals surface area contributed by atoms with Crippen molar-refractivity contribution in [3.63, 3.8) is 0 Å². The van der Waals surface area contributed by atoms with Crippen LogP contribution in [-0.2, 0) is 4.79 Å². The molecule has 1 saturated heterocycles. The van der Waals surface area contributed by atoms with Gasteiger partial charge in [0, 0.05) is 18.3 Å². The molecule has 4 nitrogen and oxygen atoms in total. The SMILES string of the molecule is O=C(O)C1CCC(O)(CNC2CCSC2)CC1. The summed E-state index contributed by atoms with van der Waals surface area (Å²) in [6.45, 7) is 0.616. The molecule has 5 heteroatoms. The van der Waals surface area contributed by atoms with E-state index in [9.17, 15) is 9.90 Å². The Labute approximate surface area is 106 Å². The first kappa shape index (κ1) is 13.2. The monoisotopic (exact) mass is 259 g/mol. The lowest BCUT2D eigenvalue weighted by Gasteiger charge is -2.35. The molecule has 1 heterocycles. The van der Waals surface area contributed by atoms with Crippen LogP contribution in [0.2, 0.25) is 0 Å². The second-order valence-electron chi connectivity index (χ2n) is 5.28. The molecule has 0 aromatic carbocycles. The number of rotatable bonds is 4. The van der Waals surface area contributed by atoms with E-state index in [0.29, 0.717) is 38.3 Å². The Kier molecular flexibility index (Phi) is 4.33. The molecule has 1 saturated carbocycles. The summed E-state index contributed by atoms with van der Waals surface area (Å²) in [5.41, 5.74) is -0.681. The minimum Gasteiger partial charge on any atom is -0.481 e. The number of hydrogen-bond donors (Lipinski definition) is 3. The van der Waals surface area contributed by atoms with Gasteiger partial charge in [-0.3, -0.25) is 4.79 Å². The van der Waals surface area contributed by atoms with Crippen molar-refractivity contribution in [2.75, 3.05) is 18.1 Å². The highest BCUT2D eigenvalue weighted by atomic mass is 32.2. The average molecular weight is 259 g/mol. The van der Waals surface area contributed by atoms with Crippen molar-refractivity contribution in [2.24, 2.45) is 5.92 Å². The Morgan fingerprint density at radius 3 is 2.59 bits per heavy atom. The third-order valence-electron chi connectivity index (χ3n) is 3.92. The summed E-state index contributed by atoms with van der Waals surface area (Å²) in [5.74, 6) is 1.37. The van der Waals surface area contributed by atoms with Gasteiger partial charge < -0.3 is 15.5 Å². The molecule has 0 amide bonds. The first-order valence-electron chi connectivity index (χ1n) is 6.35. The molecule has 2 aliphatic rings. The normalized spacial score (nSPS) is 38.2. The van der Waals surface area contributed by atoms with E-state index in [-0.39, 0.29) is 5.92 Å². The first-order valence-corrected chi connectivity index (χ1v) is 7.51. The van der Waals surface area contributed by atoms with Crippen molar-refractivity contribution in [3.05, 3.63) is 0 Å². The van der Waals surface area contributed by atoms with E-state index in [4.69, 9.17) is 5.11 Å². The minimum absolute atomic E-state index is 0.252. The number of aliphatic carboxylic acids is 1. The maximum absolute atomic E-state index is 10.8. The van der Waals surface area contributed by atoms with Crippen molar-refractivity contribution in [3.8, 4) is 0 Å². The molecule has 2 fully saturated rings. The molecule has 0 radical (unpaired) electrons. The highest BCUT2D eigenvalue weighted by molar-refractivity contribution is 7.99. The van der Waals surface area contributed by atoms with Crippen LogP contribution >= 0.6 is 11.8 Å². The van der Waals surface area contributed by atoms with Gasteiger partial charge in [-0.05, 0) is 37.9 Å². The van der Waals surface area contributed by atoms with Gasteiger partial charge in [0.1, 0.15) is 0 Å². The number of nitrogens with one attached hydrogen (secondary N) is 1. The van der Waals surface area contributed by atoms with Crippen LogP contribution in [0.4, 0.5) is 0 Å². The lowest BCUT2D eigenvalue weighted by molar-refractivity contribution is -0.144. The third kappa shape index (κ3) is 3.60. The maximum Gasteiger partial charge on any atom is 0.306 e. The van der Waals surface area contributed by atoms with Crippen LogP contribution in [0.1, 0.15) is 32.1 Å². The average Bonchev–Trinajstić information content (AvgIpc) is 2.80. The Hall–Kier alpha value is -0.260. The number of thioether (sulfide) groups is 1. The van der Waals surface area contributed by atoms with Gasteiger partial charge in [0.25, 0.3) is 0 Å². The van der Waals surface area contributed by atoms with E-state index in [1.807, 2.05) is 11.8 Å². The fraction of sp³-hybridized carbons (Fsp3) is 0.917. The van der Waals surface area contributed by atoms with Gasteiger partial charge >= 0.3 is 5.97 Å². The van der Waals surface area contributed by atoms with Gasteiger partial charge in [0.15, 0.2) is 0 Å². The van der Waals surface area contributed by atoms with Crippen LogP contribution in [0, 0.1) is 5.92 Å². The van der Waals surface area contributed by atoms with Crippen LogP contribution in [0.15, 0.2) is 0 Å². The van der Waals surface area contributed by atoms with Crippen molar-refractivity contribution in [1.29, 1.82) is 0 Å². The third-order valence-corrected chi connectivity index (χ3v) is 5.08. The molecule has 0 spiro atoms. The number of carboxylic acids is 1. The van der Waals surface area contributed by atoms with Crippen LogP contribution in [0.5, 0.6) is 0 Å². The Morgan fingerprint density at radius 2 is 2.06 bits per heavy atom. The minimum atomic E-state index is -0.716. The van der Waals surface area contributed by atoms with Gasteiger partial charge in [-0.15, -0.1) is 0 Å². The molecule has 3 N–H and O–H groups in total. The summed E-state index contributed by atoms with van der Waals surface area (Å²) >= 11 is 1.95. The molecule has 1 atom stereocenters. The van der Waals surface area contributed by atoms with E-state index in [1.165, 1.54) is 12.2 Å². The number of carbonyl (C=O) groups is 1. The zero-order valence-corrected chi connectivity index (χ0v) is 10.8. The Bertz CT molecular complexity index is 271. The van der Waals surface area contributed by atoms with E-state index in [2.05, 4.69) is 5.32 Å². The molecular formula is C12H21NO3S. The van der Waals surface area contributed by atoms with E-state index >= 15 is 0 Å². The van der Waals surface area contributed by atoms with Crippen molar-refractivity contribution in [1.82, 2.24) is 5.32 Å². The van der Waals surface area contributed by atoms with Gasteiger partial charge in [0.05, 0.1) is 11.5 Å². The molecule has 2 rings (SSSR count). The maximum atomic E-state index is 10.8. The zero-order chi connectivity index (χ0) is 12.3. The lowest BCUT2D eigenvalue weighted by Crippen LogP contribution is -2.47. The smallest absolute Gasteiger partial charge is 0.306 e. The van der Waals surface area contributed by atoms with Crippen molar-refractivity contribution >= 4 is 17.7 Å². The van der Waals surface area contributed by atoms with Crippen molar-refractivity contribution < 1.29 is 15.0 Å². The quantitative estimate of drug-likeness (QED) is 0.705. The second-order valence-corrected chi connectivity index (χ2v) is 6.43. The number of carboxylic acid groups (broad SMARTS) is 1. The van der Waals surface area contributed by atoms with Gasteiger partial charge in [-0.25, -0.2) is 0 Å². The fourth-order valence-corrected chi connectivity index (χ4v) is 3.80. The predicted octanol–water partition coefficient (Wildman–Crippen LogP) is 1.09. The topological polar surface area (TPSA) is 69.6 Å². The highest BCUT2D eigenvalue weighted by Crippen LogP contribution is 2.32.